The lowest BCUT2D eigenvalue weighted by Crippen LogP contribution is -2.51. The fraction of sp³-hybridized carbons (Fsp3) is 0.812. The molecule has 0 aliphatic heterocycles. The molecule has 0 aliphatic carbocycles. The Morgan fingerprint density at radius 3 is 2.10 bits per heavy atom. The summed E-state index contributed by atoms with van der Waals surface area (Å²) < 4.78 is 6.40. The van der Waals surface area contributed by atoms with Gasteiger partial charge in [0.15, 0.2) is 8.32 Å². The molecule has 0 heterocycles. The Balaban J connectivity index is 5.40. The van der Waals surface area contributed by atoms with Crippen LogP contribution in [-0.4, -0.2) is 31.5 Å². The molecule has 21 heavy (non-hydrogen) atoms. The lowest BCUT2D eigenvalue weighted by Gasteiger charge is -2.42. The second-order valence-corrected chi connectivity index (χ2v) is 12.2. The summed E-state index contributed by atoms with van der Waals surface area (Å²) in [5, 5.41) is 10.3. The van der Waals surface area contributed by atoms with E-state index in [0.29, 0.717) is 0 Å². The van der Waals surface area contributed by atoms with E-state index in [4.69, 9.17) is 10.2 Å². The normalized spacial score (nSPS) is 19.3. The van der Waals surface area contributed by atoms with Crippen LogP contribution in [0.25, 0.3) is 0 Å². The average molecular weight is 316 g/mol. The number of carbonyl (C=O) groups excluding carboxylic acids is 1. The van der Waals surface area contributed by atoms with Crippen LogP contribution in [0.4, 0.5) is 0 Å². The first-order valence-electron chi connectivity index (χ1n) is 7.63. The third-order valence-corrected chi connectivity index (χ3v) is 9.10. The molecule has 4 nitrogen and oxygen atoms in total. The number of hydrogen-bond acceptors (Lipinski definition) is 3. The summed E-state index contributed by atoms with van der Waals surface area (Å²) >= 11 is 0. The number of allylic oxidation sites excluding steroid dienone is 1. The fourth-order valence-corrected chi connectivity index (χ4v) is 3.36. The molecule has 0 aromatic heterocycles. The Kier molecular flexibility index (Phi) is 7.33. The summed E-state index contributed by atoms with van der Waals surface area (Å²) in [7, 11) is -2.05. The van der Waals surface area contributed by atoms with Crippen LogP contribution in [0.1, 0.15) is 41.5 Å². The molecule has 1 amide bonds. The SMILES string of the molecule is CC=C[C@@H](O)C(C)C(O[Si](C)(C)C(C)(C)C)C(C)C(N)=O. The summed E-state index contributed by atoms with van der Waals surface area (Å²) in [6.07, 6.45) is 2.50. The number of aliphatic hydroxyl groups is 1. The Labute approximate surface area is 130 Å². The van der Waals surface area contributed by atoms with Crippen LogP contribution in [0.15, 0.2) is 12.2 Å². The summed E-state index contributed by atoms with van der Waals surface area (Å²) in [5.74, 6) is -1.02. The van der Waals surface area contributed by atoms with Crippen LogP contribution in [0.2, 0.25) is 18.1 Å². The summed E-state index contributed by atoms with van der Waals surface area (Å²) in [5.41, 5.74) is 5.47. The van der Waals surface area contributed by atoms with Crippen molar-refractivity contribution in [1.29, 1.82) is 0 Å². The average Bonchev–Trinajstić information content (AvgIpc) is 2.33. The van der Waals surface area contributed by atoms with Gasteiger partial charge >= 0.3 is 0 Å². The first kappa shape index (κ1) is 20.3. The number of aliphatic hydroxyl groups excluding tert-OH is 1. The van der Waals surface area contributed by atoms with E-state index in [2.05, 4.69) is 33.9 Å². The van der Waals surface area contributed by atoms with Crippen LogP contribution in [0.5, 0.6) is 0 Å². The van der Waals surface area contributed by atoms with E-state index in [-0.39, 0.29) is 17.1 Å². The summed E-state index contributed by atoms with van der Waals surface area (Å²) in [6.45, 7) is 16.3. The molecule has 0 aromatic rings. The van der Waals surface area contributed by atoms with E-state index in [1.54, 1.807) is 19.1 Å². The fourth-order valence-electron chi connectivity index (χ4n) is 1.91. The highest BCUT2D eigenvalue weighted by atomic mass is 28.4. The predicted octanol–water partition coefficient (Wildman–Crippen LogP) is 3.07. The van der Waals surface area contributed by atoms with Gasteiger partial charge in [0.1, 0.15) is 0 Å². The van der Waals surface area contributed by atoms with Gasteiger partial charge in [-0.1, -0.05) is 46.8 Å². The molecule has 0 rings (SSSR count). The van der Waals surface area contributed by atoms with Gasteiger partial charge in [-0.15, -0.1) is 0 Å². The molecule has 0 saturated heterocycles. The maximum absolute atomic E-state index is 11.6. The molecule has 3 N–H and O–H groups in total. The molecular weight excluding hydrogens is 282 g/mol. The second kappa shape index (κ2) is 7.56. The van der Waals surface area contributed by atoms with Crippen molar-refractivity contribution in [3.63, 3.8) is 0 Å². The Morgan fingerprint density at radius 2 is 1.76 bits per heavy atom. The quantitative estimate of drug-likeness (QED) is 0.560. The van der Waals surface area contributed by atoms with Gasteiger partial charge in [0.05, 0.1) is 18.1 Å². The van der Waals surface area contributed by atoms with E-state index in [1.165, 1.54) is 0 Å². The van der Waals surface area contributed by atoms with Crippen molar-refractivity contribution >= 4 is 14.2 Å². The van der Waals surface area contributed by atoms with Crippen molar-refractivity contribution in [2.45, 2.75) is 71.9 Å². The topological polar surface area (TPSA) is 72.6 Å². The summed E-state index contributed by atoms with van der Waals surface area (Å²) in [6, 6.07) is 0. The minimum absolute atomic E-state index is 0.0356. The van der Waals surface area contributed by atoms with Gasteiger partial charge in [0.2, 0.25) is 5.91 Å². The molecule has 0 radical (unpaired) electrons. The van der Waals surface area contributed by atoms with Crippen molar-refractivity contribution in [3.8, 4) is 0 Å². The van der Waals surface area contributed by atoms with Crippen LogP contribution >= 0.6 is 0 Å². The molecular formula is C16H33NO3Si. The van der Waals surface area contributed by atoms with Crippen molar-refractivity contribution in [2.75, 3.05) is 0 Å². The number of hydrogen-bond donors (Lipinski definition) is 2. The van der Waals surface area contributed by atoms with E-state index < -0.39 is 26.2 Å². The standard InChI is InChI=1S/C16H33NO3Si/c1-9-10-13(18)11(2)14(12(3)15(17)19)20-21(7,8)16(4,5)6/h9-14,18H,1-8H3,(H2,17,19)/t11?,12?,13-,14?/m1/s1. The van der Waals surface area contributed by atoms with E-state index in [9.17, 15) is 9.90 Å². The number of primary amides is 1. The number of rotatable bonds is 7. The van der Waals surface area contributed by atoms with Gasteiger partial charge in [0, 0.05) is 5.92 Å². The van der Waals surface area contributed by atoms with E-state index in [0.717, 1.165) is 0 Å². The van der Waals surface area contributed by atoms with Crippen molar-refractivity contribution in [1.82, 2.24) is 0 Å². The van der Waals surface area contributed by atoms with Crippen LogP contribution in [0.3, 0.4) is 0 Å². The minimum atomic E-state index is -2.05. The Bertz CT molecular complexity index is 374. The maximum Gasteiger partial charge on any atom is 0.222 e. The van der Waals surface area contributed by atoms with Crippen LogP contribution < -0.4 is 5.73 Å². The molecule has 0 fully saturated rings. The molecule has 0 saturated carbocycles. The van der Waals surface area contributed by atoms with Gasteiger partial charge in [0.25, 0.3) is 0 Å². The summed E-state index contributed by atoms with van der Waals surface area (Å²) in [4.78, 5) is 11.6. The monoisotopic (exact) mass is 315 g/mol. The number of amides is 1. The third-order valence-electron chi connectivity index (χ3n) is 4.63. The zero-order valence-electron chi connectivity index (χ0n) is 14.8. The van der Waals surface area contributed by atoms with Crippen molar-refractivity contribution < 1.29 is 14.3 Å². The minimum Gasteiger partial charge on any atom is -0.413 e. The highest BCUT2D eigenvalue weighted by Gasteiger charge is 2.43. The van der Waals surface area contributed by atoms with Crippen molar-refractivity contribution in [3.05, 3.63) is 12.2 Å². The zero-order valence-corrected chi connectivity index (χ0v) is 15.8. The Hall–Kier alpha value is -0.653. The highest BCUT2D eigenvalue weighted by Crippen LogP contribution is 2.39. The van der Waals surface area contributed by atoms with Gasteiger partial charge < -0.3 is 15.3 Å². The molecule has 124 valence electrons. The van der Waals surface area contributed by atoms with Gasteiger partial charge in [-0.2, -0.15) is 0 Å². The molecule has 5 heteroatoms. The molecule has 4 atom stereocenters. The first-order chi connectivity index (χ1) is 9.35. The smallest absolute Gasteiger partial charge is 0.222 e. The zero-order chi connectivity index (χ0) is 17.0. The molecule has 0 bridgehead atoms. The van der Waals surface area contributed by atoms with Crippen LogP contribution in [0, 0.1) is 11.8 Å². The third kappa shape index (κ3) is 5.56. The van der Waals surface area contributed by atoms with Crippen LogP contribution in [-0.2, 0) is 9.22 Å². The largest absolute Gasteiger partial charge is 0.413 e. The molecule has 0 aromatic carbocycles. The lowest BCUT2D eigenvalue weighted by atomic mass is 9.89. The van der Waals surface area contributed by atoms with E-state index in [1.807, 2.05) is 13.8 Å². The molecule has 0 spiro atoms. The second-order valence-electron chi connectivity index (χ2n) is 7.41. The lowest BCUT2D eigenvalue weighted by molar-refractivity contribution is -0.126. The van der Waals surface area contributed by atoms with Gasteiger partial charge in [-0.3, -0.25) is 4.79 Å². The molecule has 0 aliphatic rings. The maximum atomic E-state index is 11.6. The Morgan fingerprint density at radius 1 is 1.29 bits per heavy atom. The van der Waals surface area contributed by atoms with Gasteiger partial charge in [-0.05, 0) is 25.1 Å². The predicted molar refractivity (Wildman–Crippen MR) is 90.4 cm³/mol. The van der Waals surface area contributed by atoms with Gasteiger partial charge in [-0.25, -0.2) is 0 Å². The first-order valence-corrected chi connectivity index (χ1v) is 10.5. The van der Waals surface area contributed by atoms with Crippen molar-refractivity contribution in [2.24, 2.45) is 17.6 Å². The highest BCUT2D eigenvalue weighted by molar-refractivity contribution is 6.74. The number of nitrogens with two attached hydrogens (primary N) is 1. The van der Waals surface area contributed by atoms with E-state index >= 15 is 0 Å². The number of carbonyl (C=O) groups is 1. The molecule has 3 unspecified atom stereocenters.